The topological polar surface area (TPSA) is 108 Å². The van der Waals surface area contributed by atoms with Crippen LogP contribution in [0.25, 0.3) is 0 Å². The quantitative estimate of drug-likeness (QED) is 0.0211. The average molecular weight is 937 g/mol. The Morgan fingerprint density at radius 1 is 0.463 bits per heavy atom. The van der Waals surface area contributed by atoms with Gasteiger partial charge in [0.05, 0.1) is 34.4 Å². The number of hydrogen-bond donors (Lipinski definition) is 1. The minimum Gasteiger partial charge on any atom is -0.477 e. The number of rotatable bonds is 47. The van der Waals surface area contributed by atoms with Crippen LogP contribution in [-0.2, 0) is 33.3 Å². The zero-order chi connectivity index (χ0) is 49.2. The average Bonchev–Trinajstić information content (AvgIpc) is 3.29. The van der Waals surface area contributed by atoms with E-state index in [1.54, 1.807) is 0 Å². The summed E-state index contributed by atoms with van der Waals surface area (Å²) in [6, 6.07) is 0. The number of carbonyl (C=O) groups is 3. The van der Waals surface area contributed by atoms with Crippen LogP contribution < -0.4 is 0 Å². The minimum absolute atomic E-state index is 0.177. The normalized spacial score (nSPS) is 13.6. The third-order valence-electron chi connectivity index (χ3n) is 10.8. The Morgan fingerprint density at radius 2 is 0.851 bits per heavy atom. The van der Waals surface area contributed by atoms with E-state index in [2.05, 4.69) is 111 Å². The largest absolute Gasteiger partial charge is 0.477 e. The fourth-order valence-corrected chi connectivity index (χ4v) is 6.75. The van der Waals surface area contributed by atoms with Gasteiger partial charge in [0.2, 0.25) is 0 Å². The first-order chi connectivity index (χ1) is 32.6. The Kier molecular flexibility index (Phi) is 45.9. The number of likely N-dealkylation sites (N-methyl/N-ethyl adjacent to an activating group) is 1. The highest BCUT2D eigenvalue weighted by atomic mass is 16.7. The molecule has 0 aromatic carbocycles. The van der Waals surface area contributed by atoms with Gasteiger partial charge in [0, 0.05) is 12.8 Å². The van der Waals surface area contributed by atoms with Crippen molar-refractivity contribution in [1.29, 1.82) is 0 Å². The van der Waals surface area contributed by atoms with Crippen LogP contribution in [0.4, 0.5) is 0 Å². The summed E-state index contributed by atoms with van der Waals surface area (Å²) < 4.78 is 22.8. The molecule has 0 bridgehead atoms. The molecule has 0 amide bonds. The molecule has 0 aliphatic heterocycles. The molecular weight excluding hydrogens is 839 g/mol. The maximum Gasteiger partial charge on any atom is 0.361 e. The summed E-state index contributed by atoms with van der Waals surface area (Å²) >= 11 is 0. The first kappa shape index (κ1) is 63.2. The first-order valence-corrected chi connectivity index (χ1v) is 26.4. The number of ether oxygens (including phenoxy) is 4. The Hall–Kier alpha value is -3.79. The van der Waals surface area contributed by atoms with Crippen LogP contribution >= 0.6 is 0 Å². The number of carboxylic acid groups (broad SMARTS) is 1. The smallest absolute Gasteiger partial charge is 0.361 e. The van der Waals surface area contributed by atoms with Gasteiger partial charge >= 0.3 is 17.9 Å². The number of carbonyl (C=O) groups excluding carboxylic acids is 2. The zero-order valence-corrected chi connectivity index (χ0v) is 43.3. The summed E-state index contributed by atoms with van der Waals surface area (Å²) in [6.07, 6.45) is 61.8. The molecule has 0 heterocycles. The Labute approximate surface area is 410 Å². The highest BCUT2D eigenvalue weighted by Crippen LogP contribution is 2.13. The second-order valence-corrected chi connectivity index (χ2v) is 18.4. The molecule has 67 heavy (non-hydrogen) atoms. The molecule has 9 nitrogen and oxygen atoms in total. The van der Waals surface area contributed by atoms with Gasteiger partial charge in [0.25, 0.3) is 6.29 Å². The molecule has 9 heteroatoms. The van der Waals surface area contributed by atoms with Gasteiger partial charge in [-0.2, -0.15) is 0 Å². The Bertz CT molecular complexity index is 1420. The van der Waals surface area contributed by atoms with Crippen molar-refractivity contribution < 1.29 is 42.9 Å². The summed E-state index contributed by atoms with van der Waals surface area (Å²) in [5, 5.41) is 9.67. The standard InChI is InChI=1S/C58H97NO8/c1-6-8-10-12-14-16-18-20-22-23-24-25-26-27-28-29-30-31-32-33-35-37-39-41-43-45-47-49-56(61)67-54(53-66-58(57(62)63)64-51-50-59(3,4)5)52-65-55(60)48-46-44-42-40-38-36-34-21-19-17-15-13-11-9-7-2/h8,10,14,16,20-22,24-25,27-28,30-31,33-35,54,58H,6-7,9,11-13,15,17-19,23,26,29,32,36-53H2,1-5H3/p+1/b10-8-,16-14-,22-20-,25-24-,28-27-,31-30-,34-21-,35-33-. The van der Waals surface area contributed by atoms with Gasteiger partial charge < -0.3 is 28.5 Å². The molecule has 0 spiro atoms. The van der Waals surface area contributed by atoms with Crippen LogP contribution in [0.5, 0.6) is 0 Å². The predicted molar refractivity (Wildman–Crippen MR) is 281 cm³/mol. The lowest BCUT2D eigenvalue weighted by Gasteiger charge is -2.25. The number of unbranched alkanes of at least 4 members (excludes halogenated alkanes) is 16. The van der Waals surface area contributed by atoms with Crippen molar-refractivity contribution in [2.24, 2.45) is 0 Å². The van der Waals surface area contributed by atoms with Crippen molar-refractivity contribution in [3.63, 3.8) is 0 Å². The van der Waals surface area contributed by atoms with Gasteiger partial charge in [-0.25, -0.2) is 4.79 Å². The number of esters is 2. The van der Waals surface area contributed by atoms with Crippen molar-refractivity contribution in [2.75, 3.05) is 47.5 Å². The number of aliphatic carboxylic acids is 1. The van der Waals surface area contributed by atoms with Crippen LogP contribution in [0.3, 0.4) is 0 Å². The van der Waals surface area contributed by atoms with Crippen molar-refractivity contribution in [3.05, 3.63) is 97.2 Å². The second kappa shape index (κ2) is 48.7. The maximum atomic E-state index is 12.8. The lowest BCUT2D eigenvalue weighted by atomic mass is 10.1. The molecule has 2 unspecified atom stereocenters. The van der Waals surface area contributed by atoms with Crippen LogP contribution in [0.1, 0.15) is 194 Å². The number of allylic oxidation sites excluding steroid dienone is 16. The van der Waals surface area contributed by atoms with Crippen molar-refractivity contribution in [2.45, 2.75) is 206 Å². The van der Waals surface area contributed by atoms with Gasteiger partial charge in [-0.1, -0.05) is 182 Å². The van der Waals surface area contributed by atoms with Crippen molar-refractivity contribution in [3.8, 4) is 0 Å². The zero-order valence-electron chi connectivity index (χ0n) is 43.3. The summed E-state index contributed by atoms with van der Waals surface area (Å²) in [5.74, 6) is -2.05. The molecular formula is C58H98NO8+. The summed E-state index contributed by atoms with van der Waals surface area (Å²) in [7, 11) is 5.94. The van der Waals surface area contributed by atoms with E-state index in [-0.39, 0.29) is 38.6 Å². The van der Waals surface area contributed by atoms with Crippen LogP contribution in [0.2, 0.25) is 0 Å². The first-order valence-electron chi connectivity index (χ1n) is 26.4. The molecule has 0 saturated heterocycles. The van der Waals surface area contributed by atoms with Crippen LogP contribution in [0.15, 0.2) is 97.2 Å². The Morgan fingerprint density at radius 3 is 1.28 bits per heavy atom. The van der Waals surface area contributed by atoms with Gasteiger partial charge in [0.1, 0.15) is 13.2 Å². The lowest BCUT2D eigenvalue weighted by Crippen LogP contribution is -2.40. The van der Waals surface area contributed by atoms with Gasteiger partial charge in [-0.3, -0.25) is 9.59 Å². The SMILES string of the molecule is CC/C=C\C/C=C\C/C=C\C/C=C\C/C=C\C/C=C\C/C=C\CCCCCCCC(=O)OC(COC(=O)CCCCCCC/C=C\CCCCCCCC)COC(OCC[N+](C)(C)C)C(=O)O. The predicted octanol–water partition coefficient (Wildman–Crippen LogP) is 15.0. The van der Waals surface area contributed by atoms with Crippen LogP contribution in [-0.4, -0.2) is 87.4 Å². The lowest BCUT2D eigenvalue weighted by molar-refractivity contribution is -0.870. The maximum absolute atomic E-state index is 12.8. The van der Waals surface area contributed by atoms with Gasteiger partial charge in [-0.05, 0) is 96.3 Å². The summed E-state index contributed by atoms with van der Waals surface area (Å²) in [4.78, 5) is 37.3. The molecule has 1 N–H and O–H groups in total. The molecule has 0 aromatic heterocycles. The number of nitrogens with zero attached hydrogens (tertiary/aromatic N) is 1. The molecule has 0 radical (unpaired) electrons. The van der Waals surface area contributed by atoms with E-state index in [1.165, 1.54) is 44.9 Å². The Balaban J connectivity index is 4.39. The van der Waals surface area contributed by atoms with E-state index in [0.717, 1.165) is 116 Å². The van der Waals surface area contributed by atoms with Crippen molar-refractivity contribution in [1.82, 2.24) is 0 Å². The third kappa shape index (κ3) is 49.9. The number of hydrogen-bond acceptors (Lipinski definition) is 7. The monoisotopic (exact) mass is 937 g/mol. The van der Waals surface area contributed by atoms with E-state index in [1.807, 2.05) is 21.1 Å². The molecule has 382 valence electrons. The summed E-state index contributed by atoms with van der Waals surface area (Å²) in [5.41, 5.74) is 0. The van der Waals surface area contributed by atoms with Gasteiger partial charge in [-0.15, -0.1) is 0 Å². The second-order valence-electron chi connectivity index (χ2n) is 18.4. The third-order valence-corrected chi connectivity index (χ3v) is 10.8. The molecule has 0 aromatic rings. The van der Waals surface area contributed by atoms with E-state index >= 15 is 0 Å². The number of carboxylic acids is 1. The highest BCUT2D eigenvalue weighted by Gasteiger charge is 2.25. The number of quaternary nitrogens is 1. The molecule has 0 saturated carbocycles. The van der Waals surface area contributed by atoms with E-state index in [4.69, 9.17) is 18.9 Å². The fraction of sp³-hybridized carbons (Fsp3) is 0.672. The van der Waals surface area contributed by atoms with Gasteiger partial charge in [0.15, 0.2) is 6.10 Å². The molecule has 0 aliphatic carbocycles. The van der Waals surface area contributed by atoms with Crippen LogP contribution in [0, 0.1) is 0 Å². The molecule has 2 atom stereocenters. The van der Waals surface area contributed by atoms with E-state index < -0.39 is 24.3 Å². The summed E-state index contributed by atoms with van der Waals surface area (Å²) in [6.45, 7) is 4.70. The van der Waals surface area contributed by atoms with E-state index in [0.29, 0.717) is 17.4 Å². The molecule has 0 fully saturated rings. The fourth-order valence-electron chi connectivity index (χ4n) is 6.75. The molecule has 0 rings (SSSR count). The highest BCUT2D eigenvalue weighted by molar-refractivity contribution is 5.71. The molecule has 0 aliphatic rings. The minimum atomic E-state index is -1.52. The van der Waals surface area contributed by atoms with Crippen molar-refractivity contribution >= 4 is 17.9 Å². The van der Waals surface area contributed by atoms with E-state index in [9.17, 15) is 19.5 Å².